The van der Waals surface area contributed by atoms with Crippen LogP contribution in [0.5, 0.6) is 0 Å². The van der Waals surface area contributed by atoms with E-state index in [0.29, 0.717) is 13.1 Å². The average Bonchev–Trinajstić information content (AvgIpc) is 2.38. The van der Waals surface area contributed by atoms with Crippen LogP contribution in [0, 0.1) is 0 Å². The van der Waals surface area contributed by atoms with E-state index in [4.69, 9.17) is 5.14 Å². The van der Waals surface area contributed by atoms with Gasteiger partial charge >= 0.3 is 0 Å². The lowest BCUT2D eigenvalue weighted by Crippen LogP contribution is -2.56. The van der Waals surface area contributed by atoms with Gasteiger partial charge in [0.05, 0.1) is 6.04 Å². The fraction of sp³-hybridized carbons (Fsp3) is 0.900. The van der Waals surface area contributed by atoms with E-state index in [-0.39, 0.29) is 37.4 Å². The Morgan fingerprint density at radius 3 is 2.26 bits per heavy atom. The summed E-state index contributed by atoms with van der Waals surface area (Å²) in [5.74, 6) is 0.0868. The van der Waals surface area contributed by atoms with Gasteiger partial charge < -0.3 is 10.2 Å². The van der Waals surface area contributed by atoms with Gasteiger partial charge in [0, 0.05) is 26.2 Å². The van der Waals surface area contributed by atoms with E-state index < -0.39 is 10.2 Å². The van der Waals surface area contributed by atoms with Gasteiger partial charge in [-0.2, -0.15) is 12.7 Å². The zero-order valence-corrected chi connectivity index (χ0v) is 12.4. The lowest BCUT2D eigenvalue weighted by atomic mass is 10.0. The van der Waals surface area contributed by atoms with Gasteiger partial charge in [0.15, 0.2) is 0 Å². The summed E-state index contributed by atoms with van der Waals surface area (Å²) < 4.78 is 23.5. The van der Waals surface area contributed by atoms with E-state index in [0.717, 1.165) is 25.8 Å². The van der Waals surface area contributed by atoms with Crippen LogP contribution in [0.4, 0.5) is 0 Å². The van der Waals surface area contributed by atoms with Crippen molar-refractivity contribution in [2.24, 2.45) is 5.14 Å². The molecule has 0 unspecified atom stereocenters. The average molecular weight is 313 g/mol. The van der Waals surface area contributed by atoms with Crippen molar-refractivity contribution in [3.8, 4) is 0 Å². The summed E-state index contributed by atoms with van der Waals surface area (Å²) in [6, 6.07) is -0.0974. The molecule has 1 amide bonds. The zero-order valence-electron chi connectivity index (χ0n) is 10.7. The monoisotopic (exact) mass is 312 g/mol. The number of rotatable bonds is 2. The molecule has 0 spiro atoms. The predicted octanol–water partition coefficient (Wildman–Crippen LogP) is -1.10. The summed E-state index contributed by atoms with van der Waals surface area (Å²) >= 11 is 0. The standard InChI is InChI=1S/C10H20N4O3S.ClH/c11-18(16,17)14-7-5-13(6-8-14)10(15)9-3-1-2-4-12-9;/h9,12H,1-8H2,(H2,11,16,17);1H/t9-;/m0./s1. The third-order valence-corrected chi connectivity index (χ3v) is 4.60. The molecule has 0 aromatic heterocycles. The maximum Gasteiger partial charge on any atom is 0.277 e. The summed E-state index contributed by atoms with van der Waals surface area (Å²) in [5.41, 5.74) is 0. The van der Waals surface area contributed by atoms with Gasteiger partial charge in [-0.15, -0.1) is 12.4 Å². The molecule has 1 atom stereocenters. The number of carbonyl (C=O) groups excluding carboxylic acids is 1. The fourth-order valence-corrected chi connectivity index (χ4v) is 3.12. The predicted molar refractivity (Wildman–Crippen MR) is 74.1 cm³/mol. The highest BCUT2D eigenvalue weighted by molar-refractivity contribution is 7.86. The van der Waals surface area contributed by atoms with Gasteiger partial charge in [-0.1, -0.05) is 6.42 Å². The molecule has 112 valence electrons. The van der Waals surface area contributed by atoms with Gasteiger partial charge in [0.25, 0.3) is 10.2 Å². The fourth-order valence-electron chi connectivity index (χ4n) is 2.45. The SMILES string of the molecule is Cl.NS(=O)(=O)N1CCN(C(=O)[C@@H]2CCCCN2)CC1. The highest BCUT2D eigenvalue weighted by Gasteiger charge is 2.30. The first kappa shape index (κ1) is 16.6. The number of carbonyl (C=O) groups is 1. The molecule has 0 bridgehead atoms. The van der Waals surface area contributed by atoms with Crippen molar-refractivity contribution < 1.29 is 13.2 Å². The van der Waals surface area contributed by atoms with E-state index in [9.17, 15) is 13.2 Å². The quantitative estimate of drug-likeness (QED) is 0.676. The second-order valence-corrected chi connectivity index (χ2v) is 6.32. The van der Waals surface area contributed by atoms with Crippen molar-refractivity contribution in [1.82, 2.24) is 14.5 Å². The number of amides is 1. The number of piperazine rings is 1. The third kappa shape index (κ3) is 4.28. The number of hydrogen-bond donors (Lipinski definition) is 2. The Morgan fingerprint density at radius 1 is 1.16 bits per heavy atom. The number of nitrogens with one attached hydrogen (secondary N) is 1. The highest BCUT2D eigenvalue weighted by atomic mass is 35.5. The first-order chi connectivity index (χ1) is 8.48. The lowest BCUT2D eigenvalue weighted by Gasteiger charge is -2.36. The molecule has 0 aliphatic carbocycles. The molecule has 0 radical (unpaired) electrons. The molecule has 0 aromatic carbocycles. The Hall–Kier alpha value is -0.410. The molecule has 0 saturated carbocycles. The molecule has 2 saturated heterocycles. The Morgan fingerprint density at radius 2 is 1.79 bits per heavy atom. The largest absolute Gasteiger partial charge is 0.339 e. The minimum atomic E-state index is -3.62. The first-order valence-electron chi connectivity index (χ1n) is 6.28. The molecule has 2 heterocycles. The van der Waals surface area contributed by atoms with Crippen LogP contribution in [0.2, 0.25) is 0 Å². The second-order valence-electron chi connectivity index (χ2n) is 4.77. The summed E-state index contributed by atoms with van der Waals surface area (Å²) in [7, 11) is -3.62. The third-order valence-electron chi connectivity index (χ3n) is 3.52. The van der Waals surface area contributed by atoms with E-state index in [1.54, 1.807) is 4.90 Å². The maximum absolute atomic E-state index is 12.2. The molecule has 2 aliphatic heterocycles. The van der Waals surface area contributed by atoms with Gasteiger partial charge in [0.2, 0.25) is 5.91 Å². The van der Waals surface area contributed by atoms with Crippen molar-refractivity contribution in [2.75, 3.05) is 32.7 Å². The Labute approximate surface area is 120 Å². The molecule has 2 aliphatic rings. The van der Waals surface area contributed by atoms with Gasteiger partial charge in [-0.3, -0.25) is 4.79 Å². The molecule has 7 nitrogen and oxygen atoms in total. The van der Waals surface area contributed by atoms with Crippen LogP contribution in [0.15, 0.2) is 0 Å². The molecule has 2 rings (SSSR count). The van der Waals surface area contributed by atoms with Crippen molar-refractivity contribution in [1.29, 1.82) is 0 Å². The van der Waals surface area contributed by atoms with Crippen LogP contribution in [0.1, 0.15) is 19.3 Å². The molecular weight excluding hydrogens is 292 g/mol. The lowest BCUT2D eigenvalue weighted by molar-refractivity contribution is -0.135. The summed E-state index contributed by atoms with van der Waals surface area (Å²) in [6.07, 6.45) is 3.05. The second kappa shape index (κ2) is 6.85. The first-order valence-corrected chi connectivity index (χ1v) is 7.79. The smallest absolute Gasteiger partial charge is 0.277 e. The van der Waals surface area contributed by atoms with E-state index in [1.165, 1.54) is 4.31 Å². The van der Waals surface area contributed by atoms with E-state index in [2.05, 4.69) is 5.32 Å². The Bertz CT molecular complexity index is 403. The molecule has 9 heteroatoms. The van der Waals surface area contributed by atoms with Crippen LogP contribution >= 0.6 is 12.4 Å². The summed E-state index contributed by atoms with van der Waals surface area (Å²) in [6.45, 7) is 2.31. The number of nitrogens with zero attached hydrogens (tertiary/aromatic N) is 2. The zero-order chi connectivity index (χ0) is 13.2. The number of hydrogen-bond acceptors (Lipinski definition) is 4. The van der Waals surface area contributed by atoms with E-state index in [1.807, 2.05) is 0 Å². The minimum absolute atomic E-state index is 0. The molecule has 3 N–H and O–H groups in total. The van der Waals surface area contributed by atoms with Gasteiger partial charge in [0.1, 0.15) is 0 Å². The topological polar surface area (TPSA) is 95.7 Å². The molecule has 0 aromatic rings. The van der Waals surface area contributed by atoms with Crippen LogP contribution in [-0.2, 0) is 15.0 Å². The summed E-state index contributed by atoms with van der Waals surface area (Å²) in [5, 5.41) is 8.27. The number of nitrogens with two attached hydrogens (primary N) is 1. The minimum Gasteiger partial charge on any atom is -0.339 e. The maximum atomic E-state index is 12.2. The van der Waals surface area contributed by atoms with Crippen molar-refractivity contribution in [2.45, 2.75) is 25.3 Å². The summed E-state index contributed by atoms with van der Waals surface area (Å²) in [4.78, 5) is 13.9. The van der Waals surface area contributed by atoms with Gasteiger partial charge in [-0.25, -0.2) is 5.14 Å². The van der Waals surface area contributed by atoms with Crippen molar-refractivity contribution in [3.63, 3.8) is 0 Å². The van der Waals surface area contributed by atoms with Crippen LogP contribution in [0.3, 0.4) is 0 Å². The van der Waals surface area contributed by atoms with Crippen LogP contribution in [-0.4, -0.2) is 62.3 Å². The molecule has 2 fully saturated rings. The van der Waals surface area contributed by atoms with Gasteiger partial charge in [-0.05, 0) is 19.4 Å². The normalized spacial score (nSPS) is 25.7. The molecule has 19 heavy (non-hydrogen) atoms. The Balaban J connectivity index is 0.00000180. The molecular formula is C10H21ClN4O3S. The number of halogens is 1. The van der Waals surface area contributed by atoms with Crippen molar-refractivity contribution in [3.05, 3.63) is 0 Å². The van der Waals surface area contributed by atoms with Crippen molar-refractivity contribution >= 4 is 28.5 Å². The van der Waals surface area contributed by atoms with E-state index >= 15 is 0 Å². The van der Waals surface area contributed by atoms with Crippen LogP contribution < -0.4 is 10.5 Å². The highest BCUT2D eigenvalue weighted by Crippen LogP contribution is 2.12. The van der Waals surface area contributed by atoms with Crippen LogP contribution in [0.25, 0.3) is 0 Å². The number of piperidine rings is 1. The Kier molecular flexibility index (Phi) is 6.00.